The summed E-state index contributed by atoms with van der Waals surface area (Å²) in [7, 11) is 1.66. The van der Waals surface area contributed by atoms with E-state index < -0.39 is 6.17 Å². The average Bonchev–Trinajstić information content (AvgIpc) is 3.16. The Morgan fingerprint density at radius 3 is 2.62 bits per heavy atom. The predicted octanol–water partition coefficient (Wildman–Crippen LogP) is 7.09. The molecule has 0 heterocycles. The number of methoxy groups -OCH3 is 1. The number of ether oxygens (including phenoxy) is 2. The number of carbonyl (C=O) groups is 1. The van der Waals surface area contributed by atoms with E-state index in [2.05, 4.69) is 12.2 Å². The number of alkyl halides is 1. The Kier molecular flexibility index (Phi) is 12.4. The van der Waals surface area contributed by atoms with Crippen LogP contribution in [0.15, 0.2) is 72.4 Å². The normalized spacial score (nSPS) is 18.4. The maximum Gasteiger partial charge on any atom is 0.181 e. The maximum atomic E-state index is 14.0. The van der Waals surface area contributed by atoms with Crippen molar-refractivity contribution in [2.75, 3.05) is 13.7 Å². The molecule has 32 heavy (non-hydrogen) atoms. The minimum absolute atomic E-state index is 0.0220. The van der Waals surface area contributed by atoms with Crippen LogP contribution in [0.25, 0.3) is 0 Å². The fourth-order valence-electron chi connectivity index (χ4n) is 3.54. The largest absolute Gasteiger partial charge is 0.497 e. The second kappa shape index (κ2) is 15.4. The van der Waals surface area contributed by atoms with Crippen molar-refractivity contribution in [3.05, 3.63) is 77.9 Å². The van der Waals surface area contributed by atoms with Gasteiger partial charge in [-0.3, -0.25) is 4.79 Å². The smallest absolute Gasteiger partial charge is 0.181 e. The molecule has 0 bridgehead atoms. The number of benzene rings is 1. The zero-order chi connectivity index (χ0) is 23.0. The monoisotopic (exact) mass is 440 g/mol. The van der Waals surface area contributed by atoms with Crippen LogP contribution in [0.1, 0.15) is 57.4 Å². The first-order valence-corrected chi connectivity index (χ1v) is 11.7. The molecule has 174 valence electrons. The number of allylic oxidation sites excluding steroid dienone is 8. The summed E-state index contributed by atoms with van der Waals surface area (Å²) in [5.41, 5.74) is 1.88. The van der Waals surface area contributed by atoms with Crippen LogP contribution in [0.2, 0.25) is 0 Å². The van der Waals surface area contributed by atoms with Crippen molar-refractivity contribution in [3.63, 3.8) is 0 Å². The molecule has 1 aromatic rings. The minimum atomic E-state index is -0.929. The molecule has 0 unspecified atom stereocenters. The van der Waals surface area contributed by atoms with Gasteiger partial charge in [0.15, 0.2) is 5.78 Å². The van der Waals surface area contributed by atoms with Crippen LogP contribution in [-0.4, -0.2) is 25.7 Å². The fourth-order valence-corrected chi connectivity index (χ4v) is 3.54. The Morgan fingerprint density at radius 1 is 1.06 bits per heavy atom. The number of ketones is 1. The molecular formula is C28H37FO3. The summed E-state index contributed by atoms with van der Waals surface area (Å²) >= 11 is 0. The first-order valence-electron chi connectivity index (χ1n) is 11.7. The fraction of sp³-hybridized carbons (Fsp3) is 0.464. The Balaban J connectivity index is 1.60. The van der Waals surface area contributed by atoms with Gasteiger partial charge in [0.1, 0.15) is 11.9 Å². The summed E-state index contributed by atoms with van der Waals surface area (Å²) in [5.74, 6) is 0.950. The molecule has 0 N–H and O–H groups in total. The van der Waals surface area contributed by atoms with E-state index in [-0.39, 0.29) is 11.7 Å². The molecule has 1 aromatic carbocycles. The summed E-state index contributed by atoms with van der Waals surface area (Å²) in [5, 5.41) is 0. The van der Waals surface area contributed by atoms with Crippen LogP contribution in [0.5, 0.6) is 5.75 Å². The third kappa shape index (κ3) is 9.78. The number of hydrogen-bond acceptors (Lipinski definition) is 3. The molecule has 0 saturated carbocycles. The molecule has 0 aromatic heterocycles. The zero-order valence-corrected chi connectivity index (χ0v) is 19.5. The minimum Gasteiger partial charge on any atom is -0.497 e. The average molecular weight is 441 g/mol. The van der Waals surface area contributed by atoms with Crippen LogP contribution < -0.4 is 4.74 Å². The molecule has 0 spiro atoms. The molecule has 3 nitrogen and oxygen atoms in total. The molecule has 4 heteroatoms. The van der Waals surface area contributed by atoms with Gasteiger partial charge in [-0.05, 0) is 68.7 Å². The van der Waals surface area contributed by atoms with Gasteiger partial charge in [0, 0.05) is 18.1 Å². The van der Waals surface area contributed by atoms with Crippen molar-refractivity contribution in [2.24, 2.45) is 5.92 Å². The second-order valence-electron chi connectivity index (χ2n) is 8.04. The Bertz CT molecular complexity index is 789. The highest BCUT2D eigenvalue weighted by molar-refractivity contribution is 6.07. The molecule has 2 atom stereocenters. The van der Waals surface area contributed by atoms with E-state index in [9.17, 15) is 9.18 Å². The van der Waals surface area contributed by atoms with E-state index in [0.717, 1.165) is 55.6 Å². The van der Waals surface area contributed by atoms with Gasteiger partial charge in [-0.15, -0.1) is 0 Å². The van der Waals surface area contributed by atoms with E-state index in [1.165, 1.54) is 0 Å². The Hall–Kier alpha value is -2.46. The highest BCUT2D eigenvalue weighted by Gasteiger charge is 2.22. The number of hydrogen-bond donors (Lipinski definition) is 0. The Labute approximate surface area is 192 Å². The van der Waals surface area contributed by atoms with Crippen molar-refractivity contribution in [1.29, 1.82) is 0 Å². The molecule has 1 aliphatic rings. The molecule has 0 amide bonds. The molecule has 0 aliphatic heterocycles. The van der Waals surface area contributed by atoms with E-state index >= 15 is 0 Å². The van der Waals surface area contributed by atoms with Crippen molar-refractivity contribution in [3.8, 4) is 5.75 Å². The van der Waals surface area contributed by atoms with Gasteiger partial charge in [0.25, 0.3) is 0 Å². The van der Waals surface area contributed by atoms with Crippen LogP contribution in [0, 0.1) is 5.92 Å². The van der Waals surface area contributed by atoms with Gasteiger partial charge >= 0.3 is 0 Å². The van der Waals surface area contributed by atoms with Gasteiger partial charge in [-0.25, -0.2) is 4.39 Å². The van der Waals surface area contributed by atoms with Crippen molar-refractivity contribution in [1.82, 2.24) is 0 Å². The lowest BCUT2D eigenvalue weighted by Gasteiger charge is -2.09. The van der Waals surface area contributed by atoms with E-state index in [1.54, 1.807) is 19.3 Å². The van der Waals surface area contributed by atoms with E-state index in [0.29, 0.717) is 19.4 Å². The van der Waals surface area contributed by atoms with E-state index in [4.69, 9.17) is 9.47 Å². The molecular weight excluding hydrogens is 403 g/mol. The number of rotatable bonds is 15. The van der Waals surface area contributed by atoms with Crippen LogP contribution in [0.3, 0.4) is 0 Å². The van der Waals surface area contributed by atoms with Gasteiger partial charge < -0.3 is 9.47 Å². The highest BCUT2D eigenvalue weighted by atomic mass is 19.1. The van der Waals surface area contributed by atoms with Crippen LogP contribution >= 0.6 is 0 Å². The van der Waals surface area contributed by atoms with Crippen molar-refractivity contribution in [2.45, 2.75) is 64.6 Å². The SMILES string of the molecule is CC/C=C\C[C@H](F)C/C=C1/C(=O)C=C[C@@H]1C/C=C\CCCCOCc1ccc(OC)cc1. The standard InChI is InChI=1S/C28H37FO3/c1-3-4-8-12-25(29)16-19-27-24(15-20-28(27)30)11-9-6-5-7-10-21-32-22-23-13-17-26(31-2)18-14-23/h4,6,8-9,13-15,17-20,24-25H,3,5,7,10-12,16,21-22H2,1-2H3/b8-4-,9-6-,27-19+/t24-,25-/m0/s1. The quantitative estimate of drug-likeness (QED) is 0.166. The molecule has 0 saturated heterocycles. The lowest BCUT2D eigenvalue weighted by Crippen LogP contribution is -2.04. The molecule has 0 fully saturated rings. The van der Waals surface area contributed by atoms with Gasteiger partial charge in [0.2, 0.25) is 0 Å². The summed E-state index contributed by atoms with van der Waals surface area (Å²) in [6, 6.07) is 7.92. The summed E-state index contributed by atoms with van der Waals surface area (Å²) in [6.07, 6.45) is 18.1. The van der Waals surface area contributed by atoms with Gasteiger partial charge in [-0.2, -0.15) is 0 Å². The number of carbonyl (C=O) groups excluding carboxylic acids is 1. The summed E-state index contributed by atoms with van der Waals surface area (Å²) < 4.78 is 24.9. The lowest BCUT2D eigenvalue weighted by molar-refractivity contribution is -0.111. The van der Waals surface area contributed by atoms with Gasteiger partial charge in [0.05, 0.1) is 13.7 Å². The third-order valence-electron chi connectivity index (χ3n) is 5.45. The van der Waals surface area contributed by atoms with Gasteiger partial charge in [-0.1, -0.05) is 55.5 Å². The Morgan fingerprint density at radius 2 is 1.88 bits per heavy atom. The third-order valence-corrected chi connectivity index (χ3v) is 5.45. The first-order chi connectivity index (χ1) is 15.6. The highest BCUT2D eigenvalue weighted by Crippen LogP contribution is 2.26. The van der Waals surface area contributed by atoms with Crippen LogP contribution in [0.4, 0.5) is 4.39 Å². The lowest BCUT2D eigenvalue weighted by atomic mass is 9.96. The first kappa shape index (κ1) is 25.8. The number of halogens is 1. The molecule has 0 radical (unpaired) electrons. The van der Waals surface area contributed by atoms with Crippen molar-refractivity contribution < 1.29 is 18.7 Å². The molecule has 1 aliphatic carbocycles. The second-order valence-corrected chi connectivity index (χ2v) is 8.04. The maximum absolute atomic E-state index is 14.0. The van der Waals surface area contributed by atoms with E-state index in [1.807, 2.05) is 49.4 Å². The zero-order valence-electron chi connectivity index (χ0n) is 19.5. The molecule has 2 rings (SSSR count). The summed E-state index contributed by atoms with van der Waals surface area (Å²) in [6.45, 7) is 3.39. The summed E-state index contributed by atoms with van der Waals surface area (Å²) in [4.78, 5) is 12.1. The number of unbranched alkanes of at least 4 members (excludes halogenated alkanes) is 2. The van der Waals surface area contributed by atoms with Crippen molar-refractivity contribution >= 4 is 5.78 Å². The predicted molar refractivity (Wildman–Crippen MR) is 130 cm³/mol. The topological polar surface area (TPSA) is 35.5 Å². The van der Waals surface area contributed by atoms with Crippen LogP contribution in [-0.2, 0) is 16.1 Å².